The summed E-state index contributed by atoms with van der Waals surface area (Å²) in [5.41, 5.74) is 6.55. The topological polar surface area (TPSA) is 92.1 Å². The smallest absolute Gasteiger partial charge is 0.258 e. The van der Waals surface area contributed by atoms with E-state index in [-0.39, 0.29) is 23.8 Å². The summed E-state index contributed by atoms with van der Waals surface area (Å²) in [4.78, 5) is 31.7. The molecular formula is C13H12N4O2. The van der Waals surface area contributed by atoms with Crippen molar-refractivity contribution in [2.24, 2.45) is 0 Å². The zero-order valence-electron chi connectivity index (χ0n) is 10.1. The van der Waals surface area contributed by atoms with Crippen molar-refractivity contribution in [1.29, 1.82) is 0 Å². The van der Waals surface area contributed by atoms with Gasteiger partial charge in [-0.1, -0.05) is 30.3 Å². The molecule has 3 N–H and O–H groups in total. The molecule has 6 heteroatoms. The van der Waals surface area contributed by atoms with Crippen LogP contribution in [0, 0.1) is 0 Å². The van der Waals surface area contributed by atoms with Gasteiger partial charge in [0, 0.05) is 0 Å². The van der Waals surface area contributed by atoms with Gasteiger partial charge in [-0.3, -0.25) is 19.5 Å². The van der Waals surface area contributed by atoms with Crippen molar-refractivity contribution in [3.63, 3.8) is 0 Å². The van der Waals surface area contributed by atoms with Gasteiger partial charge in [0.25, 0.3) is 5.56 Å². The maximum Gasteiger partial charge on any atom is 0.258 e. The molecule has 0 spiro atoms. The van der Waals surface area contributed by atoms with Crippen molar-refractivity contribution >= 4 is 17.7 Å². The van der Waals surface area contributed by atoms with Crippen LogP contribution in [0.2, 0.25) is 0 Å². The third-order valence-corrected chi connectivity index (χ3v) is 3.08. The SMILES string of the molecule is Nc1nc2c(c(=O)[nH]1)CC(=O)N2Cc1ccccc1. The summed E-state index contributed by atoms with van der Waals surface area (Å²) in [6.45, 7) is 0.391. The summed E-state index contributed by atoms with van der Waals surface area (Å²) >= 11 is 0. The van der Waals surface area contributed by atoms with E-state index in [9.17, 15) is 9.59 Å². The average molecular weight is 256 g/mol. The van der Waals surface area contributed by atoms with Gasteiger partial charge in [0.1, 0.15) is 5.82 Å². The summed E-state index contributed by atoms with van der Waals surface area (Å²) in [6.07, 6.45) is 0.0742. The van der Waals surface area contributed by atoms with Crippen molar-refractivity contribution in [1.82, 2.24) is 9.97 Å². The van der Waals surface area contributed by atoms with Crippen LogP contribution in [-0.4, -0.2) is 15.9 Å². The van der Waals surface area contributed by atoms with Crippen molar-refractivity contribution in [2.75, 3.05) is 10.6 Å². The lowest BCUT2D eigenvalue weighted by Gasteiger charge is -2.16. The second kappa shape index (κ2) is 4.24. The highest BCUT2D eigenvalue weighted by molar-refractivity contribution is 6.00. The van der Waals surface area contributed by atoms with E-state index < -0.39 is 0 Å². The number of hydrogen-bond acceptors (Lipinski definition) is 4. The molecule has 0 atom stereocenters. The zero-order valence-corrected chi connectivity index (χ0v) is 10.1. The second-order valence-electron chi connectivity index (χ2n) is 4.40. The molecule has 1 aromatic heterocycles. The van der Waals surface area contributed by atoms with Gasteiger partial charge in [0.15, 0.2) is 0 Å². The Hall–Kier alpha value is -2.63. The monoisotopic (exact) mass is 256 g/mol. The highest BCUT2D eigenvalue weighted by atomic mass is 16.2. The number of benzene rings is 1. The number of carbonyl (C=O) groups is 1. The molecule has 19 heavy (non-hydrogen) atoms. The molecule has 96 valence electrons. The zero-order chi connectivity index (χ0) is 13.4. The first-order chi connectivity index (χ1) is 9.15. The number of aromatic nitrogens is 2. The fraction of sp³-hybridized carbons (Fsp3) is 0.154. The predicted molar refractivity (Wildman–Crippen MR) is 70.6 cm³/mol. The molecule has 0 saturated heterocycles. The summed E-state index contributed by atoms with van der Waals surface area (Å²) in [6, 6.07) is 9.54. The van der Waals surface area contributed by atoms with Crippen LogP contribution in [0.3, 0.4) is 0 Å². The quantitative estimate of drug-likeness (QED) is 0.815. The minimum atomic E-state index is -0.341. The average Bonchev–Trinajstić information content (AvgIpc) is 2.69. The summed E-state index contributed by atoms with van der Waals surface area (Å²) in [5.74, 6) is 0.258. The first-order valence-corrected chi connectivity index (χ1v) is 5.88. The number of hydrogen-bond donors (Lipinski definition) is 2. The number of aromatic amines is 1. The van der Waals surface area contributed by atoms with Crippen LogP contribution < -0.4 is 16.2 Å². The largest absolute Gasteiger partial charge is 0.369 e. The van der Waals surface area contributed by atoms with E-state index in [0.717, 1.165) is 5.56 Å². The number of carbonyl (C=O) groups excluding carboxylic acids is 1. The molecule has 1 aliphatic rings. The Morgan fingerprint density at radius 3 is 2.74 bits per heavy atom. The van der Waals surface area contributed by atoms with Gasteiger partial charge < -0.3 is 5.73 Å². The van der Waals surface area contributed by atoms with Crippen LogP contribution >= 0.6 is 0 Å². The number of nitrogens with zero attached hydrogens (tertiary/aromatic N) is 2. The predicted octanol–water partition coefficient (Wildman–Crippen LogP) is 0.441. The molecule has 0 saturated carbocycles. The number of nitrogens with two attached hydrogens (primary N) is 1. The van der Waals surface area contributed by atoms with Gasteiger partial charge >= 0.3 is 0 Å². The third-order valence-electron chi connectivity index (χ3n) is 3.08. The highest BCUT2D eigenvalue weighted by Gasteiger charge is 2.31. The van der Waals surface area contributed by atoms with Crippen LogP contribution in [0.25, 0.3) is 0 Å². The summed E-state index contributed by atoms with van der Waals surface area (Å²) in [5, 5.41) is 0. The van der Waals surface area contributed by atoms with Crippen molar-refractivity contribution in [2.45, 2.75) is 13.0 Å². The summed E-state index contributed by atoms with van der Waals surface area (Å²) < 4.78 is 0. The fourth-order valence-electron chi connectivity index (χ4n) is 2.18. The molecule has 3 rings (SSSR count). The van der Waals surface area contributed by atoms with Crippen LogP contribution in [0.5, 0.6) is 0 Å². The van der Waals surface area contributed by atoms with Gasteiger partial charge in [-0.2, -0.15) is 4.98 Å². The van der Waals surface area contributed by atoms with E-state index in [0.29, 0.717) is 17.9 Å². The molecule has 0 unspecified atom stereocenters. The lowest BCUT2D eigenvalue weighted by atomic mass is 10.2. The number of anilines is 2. The van der Waals surface area contributed by atoms with Crippen molar-refractivity contribution in [3.05, 3.63) is 51.8 Å². The number of rotatable bonds is 2. The van der Waals surface area contributed by atoms with Gasteiger partial charge in [0.2, 0.25) is 11.9 Å². The van der Waals surface area contributed by atoms with Gasteiger partial charge in [0.05, 0.1) is 18.5 Å². The minimum absolute atomic E-state index is 0.0245. The molecule has 1 aliphatic heterocycles. The van der Waals surface area contributed by atoms with Crippen LogP contribution in [0.1, 0.15) is 11.1 Å². The molecule has 0 aliphatic carbocycles. The van der Waals surface area contributed by atoms with E-state index in [1.807, 2.05) is 30.3 Å². The standard InChI is InChI=1S/C13H12N4O2/c14-13-15-11-9(12(19)16-13)6-10(18)17(11)7-8-4-2-1-3-5-8/h1-5H,6-7H2,(H3,14,15,16,19). The number of fused-ring (bicyclic) bond motifs is 1. The lowest BCUT2D eigenvalue weighted by molar-refractivity contribution is -0.117. The van der Waals surface area contributed by atoms with E-state index in [1.54, 1.807) is 0 Å². The van der Waals surface area contributed by atoms with Crippen molar-refractivity contribution in [3.8, 4) is 0 Å². The van der Waals surface area contributed by atoms with Gasteiger partial charge in [-0.25, -0.2) is 0 Å². The number of nitrogen functional groups attached to an aromatic ring is 1. The molecule has 2 heterocycles. The molecular weight excluding hydrogens is 244 g/mol. The molecule has 0 bridgehead atoms. The highest BCUT2D eigenvalue weighted by Crippen LogP contribution is 2.25. The van der Waals surface area contributed by atoms with Crippen LogP contribution in [0.4, 0.5) is 11.8 Å². The maximum atomic E-state index is 12.0. The third kappa shape index (κ3) is 1.97. The minimum Gasteiger partial charge on any atom is -0.369 e. The molecule has 1 amide bonds. The molecule has 1 aromatic carbocycles. The summed E-state index contributed by atoms with van der Waals surface area (Å²) in [7, 11) is 0. The van der Waals surface area contributed by atoms with Crippen LogP contribution in [-0.2, 0) is 17.8 Å². The Kier molecular flexibility index (Phi) is 2.56. The maximum absolute atomic E-state index is 12.0. The Labute approximate surface area is 108 Å². The van der Waals surface area contributed by atoms with Crippen molar-refractivity contribution < 1.29 is 4.79 Å². The Balaban J connectivity index is 2.01. The number of amides is 1. The second-order valence-corrected chi connectivity index (χ2v) is 4.40. The normalized spacial score (nSPS) is 13.7. The Morgan fingerprint density at radius 2 is 2.00 bits per heavy atom. The Morgan fingerprint density at radius 1 is 1.26 bits per heavy atom. The fourth-order valence-corrected chi connectivity index (χ4v) is 2.18. The number of nitrogens with one attached hydrogen (secondary N) is 1. The van der Waals surface area contributed by atoms with Gasteiger partial charge in [-0.05, 0) is 5.56 Å². The number of H-pyrrole nitrogens is 1. The molecule has 2 aromatic rings. The van der Waals surface area contributed by atoms with Crippen LogP contribution in [0.15, 0.2) is 35.1 Å². The lowest BCUT2D eigenvalue weighted by Crippen LogP contribution is -2.27. The molecule has 0 radical (unpaired) electrons. The molecule has 0 fully saturated rings. The van der Waals surface area contributed by atoms with E-state index >= 15 is 0 Å². The first kappa shape index (κ1) is 11.5. The Bertz CT molecular complexity index is 694. The first-order valence-electron chi connectivity index (χ1n) is 5.88. The van der Waals surface area contributed by atoms with E-state index in [2.05, 4.69) is 9.97 Å². The van der Waals surface area contributed by atoms with E-state index in [1.165, 1.54) is 4.90 Å². The molecule has 6 nitrogen and oxygen atoms in total. The van der Waals surface area contributed by atoms with E-state index in [4.69, 9.17) is 5.73 Å². The van der Waals surface area contributed by atoms with Gasteiger partial charge in [-0.15, -0.1) is 0 Å².